The number of phenols is 1. The van der Waals surface area contributed by atoms with Crippen LogP contribution >= 0.6 is 0 Å². The molecule has 4 heteroatoms. The molecule has 2 aliphatic heterocycles. The van der Waals surface area contributed by atoms with Crippen molar-refractivity contribution in [3.8, 4) is 5.75 Å². The summed E-state index contributed by atoms with van der Waals surface area (Å²) in [5.41, 5.74) is 3.66. The van der Waals surface area contributed by atoms with E-state index in [-0.39, 0.29) is 17.1 Å². The van der Waals surface area contributed by atoms with E-state index in [0.717, 1.165) is 39.1 Å². The van der Waals surface area contributed by atoms with Crippen LogP contribution in [0.2, 0.25) is 0 Å². The van der Waals surface area contributed by atoms with Gasteiger partial charge in [0.2, 0.25) is 0 Å². The molecule has 0 saturated carbocycles. The molecule has 2 aliphatic rings. The minimum atomic E-state index is 0.0864. The highest BCUT2D eigenvalue weighted by molar-refractivity contribution is 5.94. The first kappa shape index (κ1) is 20.0. The third-order valence-corrected chi connectivity index (χ3v) is 6.63. The molecule has 1 amide bonds. The number of carbonyl (C=O) groups excluding carboxylic acids is 1. The largest absolute Gasteiger partial charge is 0.508 e. The van der Waals surface area contributed by atoms with Crippen molar-refractivity contribution >= 4 is 5.91 Å². The first-order valence-electron chi connectivity index (χ1n) is 10.8. The van der Waals surface area contributed by atoms with Crippen LogP contribution < -0.4 is 0 Å². The van der Waals surface area contributed by atoms with E-state index in [0.29, 0.717) is 11.5 Å². The van der Waals surface area contributed by atoms with Gasteiger partial charge in [0.05, 0.1) is 0 Å². The van der Waals surface area contributed by atoms with Crippen LogP contribution in [0.1, 0.15) is 60.5 Å². The Balaban J connectivity index is 1.39. The second kappa shape index (κ2) is 8.19. The summed E-state index contributed by atoms with van der Waals surface area (Å²) in [7, 11) is 0. The van der Waals surface area contributed by atoms with Gasteiger partial charge in [-0.1, -0.05) is 38.1 Å². The topological polar surface area (TPSA) is 43.8 Å². The van der Waals surface area contributed by atoms with E-state index in [2.05, 4.69) is 43.0 Å². The van der Waals surface area contributed by atoms with Crippen molar-refractivity contribution in [1.82, 2.24) is 9.80 Å². The molecule has 0 aromatic heterocycles. The van der Waals surface area contributed by atoms with Crippen LogP contribution in [0.5, 0.6) is 5.75 Å². The molecule has 29 heavy (non-hydrogen) atoms. The third kappa shape index (κ3) is 4.48. The molecule has 2 aromatic rings. The average Bonchev–Trinajstić information content (AvgIpc) is 3.11. The molecule has 1 spiro atoms. The number of benzene rings is 2. The predicted molar refractivity (Wildman–Crippen MR) is 116 cm³/mol. The molecule has 0 radical (unpaired) electrons. The molecule has 4 nitrogen and oxygen atoms in total. The molecule has 0 aliphatic carbocycles. The fourth-order valence-corrected chi connectivity index (χ4v) is 4.94. The van der Waals surface area contributed by atoms with Gasteiger partial charge in [-0.3, -0.25) is 9.69 Å². The quantitative estimate of drug-likeness (QED) is 0.824. The average molecular weight is 393 g/mol. The van der Waals surface area contributed by atoms with E-state index >= 15 is 0 Å². The summed E-state index contributed by atoms with van der Waals surface area (Å²) in [5, 5.41) is 9.46. The summed E-state index contributed by atoms with van der Waals surface area (Å²) in [4.78, 5) is 17.5. The van der Waals surface area contributed by atoms with Gasteiger partial charge in [-0.05, 0) is 67.1 Å². The number of phenolic OH excluding ortho intramolecular Hbond substituents is 1. The lowest BCUT2D eigenvalue weighted by atomic mass is 9.79. The predicted octanol–water partition coefficient (Wildman–Crippen LogP) is 4.64. The monoisotopic (exact) mass is 392 g/mol. The molecule has 1 N–H and O–H groups in total. The lowest BCUT2D eigenvalue weighted by Crippen LogP contribution is -2.45. The minimum Gasteiger partial charge on any atom is -0.508 e. The fraction of sp³-hybridized carbons (Fsp3) is 0.480. The molecule has 1 unspecified atom stereocenters. The van der Waals surface area contributed by atoms with Gasteiger partial charge in [0.1, 0.15) is 5.75 Å². The summed E-state index contributed by atoms with van der Waals surface area (Å²) in [6.45, 7) is 9.33. The van der Waals surface area contributed by atoms with Crippen molar-refractivity contribution in [3.05, 3.63) is 65.2 Å². The van der Waals surface area contributed by atoms with Crippen molar-refractivity contribution < 1.29 is 9.90 Å². The van der Waals surface area contributed by atoms with Gasteiger partial charge in [0.25, 0.3) is 5.91 Å². The second-order valence-electron chi connectivity index (χ2n) is 9.23. The number of rotatable bonds is 4. The lowest BCUT2D eigenvalue weighted by Gasteiger charge is -2.40. The zero-order chi connectivity index (χ0) is 20.4. The summed E-state index contributed by atoms with van der Waals surface area (Å²) >= 11 is 0. The van der Waals surface area contributed by atoms with Gasteiger partial charge < -0.3 is 10.0 Å². The minimum absolute atomic E-state index is 0.0864. The van der Waals surface area contributed by atoms with Crippen LogP contribution in [-0.4, -0.2) is 47.0 Å². The standard InChI is InChI=1S/C25H32N2O2/c1-19(2)21-6-4-20(5-7-21)16-26-14-3-12-25(17-26)13-15-27(18-25)24(29)22-8-10-23(28)11-9-22/h4-11,19,28H,3,12-18H2,1-2H3. The zero-order valence-electron chi connectivity index (χ0n) is 17.6. The molecule has 0 bridgehead atoms. The van der Waals surface area contributed by atoms with Crippen molar-refractivity contribution in [1.29, 1.82) is 0 Å². The lowest BCUT2D eigenvalue weighted by molar-refractivity contribution is 0.0675. The van der Waals surface area contributed by atoms with Crippen LogP contribution in [0.3, 0.4) is 0 Å². The summed E-state index contributed by atoms with van der Waals surface area (Å²) in [6.07, 6.45) is 3.49. The molecule has 4 rings (SSSR count). The SMILES string of the molecule is CC(C)c1ccc(CN2CCCC3(CCN(C(=O)c4ccc(O)cc4)C3)C2)cc1. The molecule has 2 heterocycles. The van der Waals surface area contributed by atoms with Crippen LogP contribution in [0.4, 0.5) is 0 Å². The first-order valence-corrected chi connectivity index (χ1v) is 10.8. The molecular weight excluding hydrogens is 360 g/mol. The zero-order valence-corrected chi connectivity index (χ0v) is 17.6. The number of carbonyl (C=O) groups is 1. The Labute approximate surface area is 174 Å². The number of hydrogen-bond donors (Lipinski definition) is 1. The van der Waals surface area contributed by atoms with E-state index in [9.17, 15) is 9.90 Å². The third-order valence-electron chi connectivity index (χ3n) is 6.63. The van der Waals surface area contributed by atoms with Gasteiger partial charge in [0, 0.05) is 37.2 Å². The van der Waals surface area contributed by atoms with Gasteiger partial charge >= 0.3 is 0 Å². The molecule has 1 atom stereocenters. The molecule has 154 valence electrons. The highest BCUT2D eigenvalue weighted by Crippen LogP contribution is 2.40. The Bertz CT molecular complexity index is 844. The fourth-order valence-electron chi connectivity index (χ4n) is 4.94. The van der Waals surface area contributed by atoms with Crippen LogP contribution in [0.25, 0.3) is 0 Å². The maximum Gasteiger partial charge on any atom is 0.253 e. The number of hydrogen-bond acceptors (Lipinski definition) is 3. The Morgan fingerprint density at radius 1 is 1.00 bits per heavy atom. The summed E-state index contributed by atoms with van der Waals surface area (Å²) < 4.78 is 0. The van der Waals surface area contributed by atoms with Gasteiger partial charge in [0.15, 0.2) is 0 Å². The van der Waals surface area contributed by atoms with Crippen molar-refractivity contribution in [3.63, 3.8) is 0 Å². The van der Waals surface area contributed by atoms with E-state index in [1.54, 1.807) is 24.3 Å². The van der Waals surface area contributed by atoms with Crippen LogP contribution in [0, 0.1) is 5.41 Å². The van der Waals surface area contributed by atoms with E-state index in [1.807, 2.05) is 4.90 Å². The van der Waals surface area contributed by atoms with Gasteiger partial charge in [-0.2, -0.15) is 0 Å². The molecule has 2 aromatic carbocycles. The highest BCUT2D eigenvalue weighted by Gasteiger charge is 2.42. The Morgan fingerprint density at radius 3 is 2.41 bits per heavy atom. The maximum absolute atomic E-state index is 12.9. The van der Waals surface area contributed by atoms with Crippen molar-refractivity contribution in [2.45, 2.75) is 45.6 Å². The number of piperidine rings is 1. The van der Waals surface area contributed by atoms with E-state index < -0.39 is 0 Å². The molecular formula is C25H32N2O2. The smallest absolute Gasteiger partial charge is 0.253 e. The van der Waals surface area contributed by atoms with Crippen molar-refractivity contribution in [2.75, 3.05) is 26.2 Å². The molecule has 2 fully saturated rings. The number of likely N-dealkylation sites (tertiary alicyclic amines) is 2. The summed E-state index contributed by atoms with van der Waals surface area (Å²) in [5.74, 6) is 0.852. The Hall–Kier alpha value is -2.33. The van der Waals surface area contributed by atoms with E-state index in [1.165, 1.54) is 24.0 Å². The van der Waals surface area contributed by atoms with Crippen LogP contribution in [-0.2, 0) is 6.54 Å². The van der Waals surface area contributed by atoms with Gasteiger partial charge in [-0.25, -0.2) is 0 Å². The van der Waals surface area contributed by atoms with Gasteiger partial charge in [-0.15, -0.1) is 0 Å². The second-order valence-corrected chi connectivity index (χ2v) is 9.23. The number of amides is 1. The summed E-state index contributed by atoms with van der Waals surface area (Å²) in [6, 6.07) is 15.7. The van der Waals surface area contributed by atoms with E-state index in [4.69, 9.17) is 0 Å². The Kier molecular flexibility index (Phi) is 5.64. The maximum atomic E-state index is 12.9. The number of nitrogens with zero attached hydrogens (tertiary/aromatic N) is 2. The normalized spacial score (nSPS) is 22.5. The molecule has 2 saturated heterocycles. The highest BCUT2D eigenvalue weighted by atomic mass is 16.3. The number of aromatic hydroxyl groups is 1. The first-order chi connectivity index (χ1) is 13.9. The Morgan fingerprint density at radius 2 is 1.72 bits per heavy atom. The van der Waals surface area contributed by atoms with Crippen LogP contribution in [0.15, 0.2) is 48.5 Å². The van der Waals surface area contributed by atoms with Crippen molar-refractivity contribution in [2.24, 2.45) is 5.41 Å².